The lowest BCUT2D eigenvalue weighted by Crippen LogP contribution is -2.37. The zero-order valence-electron chi connectivity index (χ0n) is 10.9. The molecule has 1 amide bonds. The number of carbonyl (C=O) groups is 1. The Morgan fingerprint density at radius 3 is 2.79 bits per heavy atom. The lowest BCUT2D eigenvalue weighted by molar-refractivity contribution is 0.0930. The molecule has 104 valence electrons. The van der Waals surface area contributed by atoms with Crippen molar-refractivity contribution in [3.05, 3.63) is 29.6 Å². The molecule has 1 atom stereocenters. The van der Waals surface area contributed by atoms with Gasteiger partial charge in [0.05, 0.1) is 12.1 Å². The zero-order chi connectivity index (χ0) is 14.4. The van der Waals surface area contributed by atoms with E-state index in [4.69, 9.17) is 22.7 Å². The number of nitrogens with two attached hydrogens (primary N) is 1. The normalized spacial score (nSPS) is 11.7. The van der Waals surface area contributed by atoms with E-state index in [0.29, 0.717) is 17.8 Å². The van der Waals surface area contributed by atoms with Crippen LogP contribution in [-0.4, -0.2) is 24.0 Å². The molecule has 0 aliphatic rings. The van der Waals surface area contributed by atoms with Gasteiger partial charge in [-0.25, -0.2) is 4.39 Å². The lowest BCUT2D eigenvalue weighted by atomic mass is 10.1. The highest BCUT2D eigenvalue weighted by molar-refractivity contribution is 7.80. The van der Waals surface area contributed by atoms with Crippen LogP contribution < -0.4 is 15.8 Å². The quantitative estimate of drug-likeness (QED) is 0.784. The summed E-state index contributed by atoms with van der Waals surface area (Å²) in [4.78, 5) is 12.4. The molecule has 3 N–H and O–H groups in total. The van der Waals surface area contributed by atoms with Crippen LogP contribution in [0.3, 0.4) is 0 Å². The Kier molecular flexibility index (Phi) is 5.69. The Morgan fingerprint density at radius 1 is 1.58 bits per heavy atom. The molecule has 4 nitrogen and oxygen atoms in total. The van der Waals surface area contributed by atoms with Gasteiger partial charge in [0.15, 0.2) is 0 Å². The van der Waals surface area contributed by atoms with Gasteiger partial charge in [-0.3, -0.25) is 4.79 Å². The topological polar surface area (TPSA) is 64.3 Å². The summed E-state index contributed by atoms with van der Waals surface area (Å²) in [5, 5.41) is 2.70. The van der Waals surface area contributed by atoms with Crippen molar-refractivity contribution in [2.75, 3.05) is 7.11 Å². The maximum atomic E-state index is 13.7. The van der Waals surface area contributed by atoms with Crippen molar-refractivity contribution in [2.45, 2.75) is 25.8 Å². The Morgan fingerprint density at radius 2 is 2.26 bits per heavy atom. The molecular formula is C13H17FN2O2S. The maximum Gasteiger partial charge on any atom is 0.258 e. The maximum absolute atomic E-state index is 13.7. The molecule has 1 aromatic carbocycles. The number of ether oxygens (including phenoxy) is 1. The van der Waals surface area contributed by atoms with Gasteiger partial charge in [0.25, 0.3) is 5.91 Å². The first-order valence-electron chi connectivity index (χ1n) is 5.91. The molecule has 0 aromatic heterocycles. The first-order chi connectivity index (χ1) is 8.99. The number of hydrogen-bond acceptors (Lipinski definition) is 3. The Hall–Kier alpha value is -1.69. The first-order valence-corrected chi connectivity index (χ1v) is 6.32. The summed E-state index contributed by atoms with van der Waals surface area (Å²) in [5.74, 6) is -0.956. The van der Waals surface area contributed by atoms with Gasteiger partial charge in [-0.2, -0.15) is 0 Å². The van der Waals surface area contributed by atoms with E-state index in [1.807, 2.05) is 6.92 Å². The highest BCUT2D eigenvalue weighted by Gasteiger charge is 2.20. The Bertz CT molecular complexity index is 480. The third-order valence-electron chi connectivity index (χ3n) is 2.70. The second-order valence-electron chi connectivity index (χ2n) is 4.07. The molecule has 0 saturated heterocycles. The zero-order valence-corrected chi connectivity index (χ0v) is 11.7. The minimum atomic E-state index is -0.623. The number of hydrogen-bond donors (Lipinski definition) is 2. The van der Waals surface area contributed by atoms with Gasteiger partial charge in [0.2, 0.25) is 0 Å². The fraction of sp³-hybridized carbons (Fsp3) is 0.385. The molecular weight excluding hydrogens is 267 g/mol. The first kappa shape index (κ1) is 15.4. The standard InChI is InChI=1S/C13H17FN2O2S/c1-3-8(7-11(15)19)16-13(17)12-9(14)5-4-6-10(12)18-2/h4-6,8H,3,7H2,1-2H3,(H2,15,19)(H,16,17). The van der Waals surface area contributed by atoms with Gasteiger partial charge >= 0.3 is 0 Å². The van der Waals surface area contributed by atoms with Gasteiger partial charge in [-0.15, -0.1) is 0 Å². The largest absolute Gasteiger partial charge is 0.496 e. The molecule has 0 spiro atoms. The fourth-order valence-corrected chi connectivity index (χ4v) is 1.89. The van der Waals surface area contributed by atoms with Gasteiger partial charge in [-0.05, 0) is 18.6 Å². The average Bonchev–Trinajstić information content (AvgIpc) is 2.36. The highest BCUT2D eigenvalue weighted by Crippen LogP contribution is 2.21. The number of benzene rings is 1. The summed E-state index contributed by atoms with van der Waals surface area (Å²) in [7, 11) is 1.39. The lowest BCUT2D eigenvalue weighted by Gasteiger charge is -2.17. The average molecular weight is 284 g/mol. The van der Waals surface area contributed by atoms with Crippen LogP contribution in [-0.2, 0) is 0 Å². The molecule has 1 rings (SSSR count). The van der Waals surface area contributed by atoms with Crippen LogP contribution in [0, 0.1) is 5.82 Å². The van der Waals surface area contributed by atoms with Crippen LogP contribution in [0.5, 0.6) is 5.75 Å². The van der Waals surface area contributed by atoms with Crippen LogP contribution in [0.4, 0.5) is 4.39 Å². The van der Waals surface area contributed by atoms with E-state index < -0.39 is 11.7 Å². The molecule has 0 radical (unpaired) electrons. The molecule has 19 heavy (non-hydrogen) atoms. The Balaban J connectivity index is 2.91. The van der Waals surface area contributed by atoms with Gasteiger partial charge in [-0.1, -0.05) is 25.2 Å². The third-order valence-corrected chi connectivity index (χ3v) is 2.86. The van der Waals surface area contributed by atoms with E-state index in [1.54, 1.807) is 0 Å². The summed E-state index contributed by atoms with van der Waals surface area (Å²) < 4.78 is 18.7. The van der Waals surface area contributed by atoms with Gasteiger partial charge in [0.1, 0.15) is 17.1 Å². The second kappa shape index (κ2) is 7.04. The third kappa shape index (κ3) is 4.17. The van der Waals surface area contributed by atoms with Crippen LogP contribution in [0.25, 0.3) is 0 Å². The molecule has 0 heterocycles. The molecule has 0 saturated carbocycles. The molecule has 1 aromatic rings. The molecule has 1 unspecified atom stereocenters. The van der Waals surface area contributed by atoms with Crippen molar-refractivity contribution < 1.29 is 13.9 Å². The van der Waals surface area contributed by atoms with E-state index in [2.05, 4.69) is 5.32 Å². The predicted octanol–water partition coefficient (Wildman–Crippen LogP) is 2.02. The monoisotopic (exact) mass is 284 g/mol. The minimum absolute atomic E-state index is 0.105. The van der Waals surface area contributed by atoms with Crippen LogP contribution >= 0.6 is 12.2 Å². The van der Waals surface area contributed by atoms with Crippen LogP contribution in [0.1, 0.15) is 30.1 Å². The van der Waals surface area contributed by atoms with Crippen molar-refractivity contribution in [3.8, 4) is 5.75 Å². The SMILES string of the molecule is CCC(CC(N)=S)NC(=O)c1c(F)cccc1OC. The van der Waals surface area contributed by atoms with Gasteiger partial charge in [0, 0.05) is 12.5 Å². The van der Waals surface area contributed by atoms with Crippen LogP contribution in [0.2, 0.25) is 0 Å². The van der Waals surface area contributed by atoms with Crippen molar-refractivity contribution >= 4 is 23.1 Å². The van der Waals surface area contributed by atoms with E-state index >= 15 is 0 Å². The van der Waals surface area contributed by atoms with Crippen molar-refractivity contribution in [3.63, 3.8) is 0 Å². The fourth-order valence-electron chi connectivity index (χ4n) is 1.69. The smallest absolute Gasteiger partial charge is 0.258 e. The number of nitrogens with one attached hydrogen (secondary N) is 1. The van der Waals surface area contributed by atoms with E-state index in [0.717, 1.165) is 0 Å². The summed E-state index contributed by atoms with van der Waals surface area (Å²) in [6.45, 7) is 1.89. The molecule has 0 fully saturated rings. The van der Waals surface area contributed by atoms with Crippen LogP contribution in [0.15, 0.2) is 18.2 Å². The predicted molar refractivity (Wildman–Crippen MR) is 75.9 cm³/mol. The van der Waals surface area contributed by atoms with Crippen molar-refractivity contribution in [1.29, 1.82) is 0 Å². The van der Waals surface area contributed by atoms with E-state index in [-0.39, 0.29) is 17.4 Å². The van der Waals surface area contributed by atoms with E-state index in [9.17, 15) is 9.18 Å². The second-order valence-corrected chi connectivity index (χ2v) is 4.59. The molecule has 0 bridgehead atoms. The minimum Gasteiger partial charge on any atom is -0.496 e. The number of halogens is 1. The highest BCUT2D eigenvalue weighted by atomic mass is 32.1. The summed E-state index contributed by atoms with van der Waals surface area (Å²) in [6.07, 6.45) is 1.04. The van der Waals surface area contributed by atoms with Gasteiger partial charge < -0.3 is 15.8 Å². The molecule has 0 aliphatic carbocycles. The summed E-state index contributed by atoms with van der Waals surface area (Å²) in [6, 6.07) is 4.02. The number of rotatable bonds is 6. The Labute approximate surface area is 117 Å². The molecule has 6 heteroatoms. The summed E-state index contributed by atoms with van der Waals surface area (Å²) >= 11 is 4.81. The van der Waals surface area contributed by atoms with Crippen molar-refractivity contribution in [2.24, 2.45) is 5.73 Å². The summed E-state index contributed by atoms with van der Waals surface area (Å²) in [5.41, 5.74) is 5.35. The number of carbonyl (C=O) groups excluding carboxylic acids is 1. The number of amides is 1. The van der Waals surface area contributed by atoms with E-state index in [1.165, 1.54) is 25.3 Å². The molecule has 0 aliphatic heterocycles. The van der Waals surface area contributed by atoms with Crippen molar-refractivity contribution in [1.82, 2.24) is 5.32 Å². The number of methoxy groups -OCH3 is 1. The number of thiocarbonyl (C=S) groups is 1.